The summed E-state index contributed by atoms with van der Waals surface area (Å²) in [6.45, 7) is 4.95. The van der Waals surface area contributed by atoms with Gasteiger partial charge in [-0.2, -0.15) is 0 Å². The topological polar surface area (TPSA) is 73.8 Å². The lowest BCUT2D eigenvalue weighted by Crippen LogP contribution is -2.36. The molecule has 148 valence electrons. The maximum atomic E-state index is 10.1. The molecule has 0 bridgehead atoms. The lowest BCUT2D eigenvalue weighted by molar-refractivity contribution is 0.383. The van der Waals surface area contributed by atoms with E-state index in [1.54, 1.807) is 35.9 Å². The molecule has 0 atom stereocenters. The number of hydrogen-bond acceptors (Lipinski definition) is 5. The van der Waals surface area contributed by atoms with Gasteiger partial charge >= 0.3 is 0 Å². The maximum Gasteiger partial charge on any atom is 0.134 e. The van der Waals surface area contributed by atoms with Gasteiger partial charge in [0.15, 0.2) is 0 Å². The van der Waals surface area contributed by atoms with Crippen LogP contribution in [0.4, 0.5) is 0 Å². The van der Waals surface area contributed by atoms with Crippen LogP contribution in [0.3, 0.4) is 0 Å². The first kappa shape index (κ1) is 19.6. The van der Waals surface area contributed by atoms with Crippen molar-refractivity contribution < 1.29 is 5.11 Å². The molecule has 0 amide bonds. The number of rotatable bonds is 6. The minimum absolute atomic E-state index is 0.0319. The zero-order valence-electron chi connectivity index (χ0n) is 16.1. The van der Waals surface area contributed by atoms with Crippen LogP contribution in [0.2, 0.25) is 5.02 Å². The molecule has 3 N–H and O–H groups in total. The Morgan fingerprint density at radius 1 is 1.14 bits per heavy atom. The number of imidazole rings is 1. The molecule has 5 nitrogen and oxygen atoms in total. The van der Waals surface area contributed by atoms with Gasteiger partial charge in [0.25, 0.3) is 0 Å². The first-order valence-corrected chi connectivity index (χ1v) is 10.5. The lowest BCUT2D eigenvalue weighted by Gasteiger charge is -2.23. The first-order valence-electron chi connectivity index (χ1n) is 9.21. The summed E-state index contributed by atoms with van der Waals surface area (Å²) < 4.78 is 0. The quantitative estimate of drug-likeness (QED) is 0.377. The SMILES string of the molecule is CC(C)(NCc1cccs1)c1nc(-c2ccc(Cl)c(O)c2)c(-c2ccncc2)[nH]1. The highest BCUT2D eigenvalue weighted by Crippen LogP contribution is 2.36. The fourth-order valence-electron chi connectivity index (χ4n) is 3.07. The van der Waals surface area contributed by atoms with Crippen LogP contribution in [-0.2, 0) is 12.1 Å². The normalized spacial score (nSPS) is 11.7. The van der Waals surface area contributed by atoms with Gasteiger partial charge in [0, 0.05) is 34.9 Å². The number of thiophene rings is 1. The Morgan fingerprint density at radius 3 is 2.62 bits per heavy atom. The predicted molar refractivity (Wildman–Crippen MR) is 118 cm³/mol. The fraction of sp³-hybridized carbons (Fsp3) is 0.182. The number of aromatic hydroxyl groups is 1. The monoisotopic (exact) mass is 424 g/mol. The Labute approximate surface area is 178 Å². The molecular formula is C22H21ClN4OS. The average molecular weight is 425 g/mol. The number of H-pyrrole nitrogens is 1. The molecule has 3 heterocycles. The molecule has 0 aliphatic rings. The first-order chi connectivity index (χ1) is 13.9. The summed E-state index contributed by atoms with van der Waals surface area (Å²) >= 11 is 7.72. The Hall–Kier alpha value is -2.67. The van der Waals surface area contributed by atoms with E-state index in [4.69, 9.17) is 16.6 Å². The zero-order valence-corrected chi connectivity index (χ0v) is 17.7. The Bertz CT molecular complexity index is 1110. The van der Waals surface area contributed by atoms with E-state index in [1.807, 2.05) is 24.3 Å². The molecule has 3 aromatic heterocycles. The lowest BCUT2D eigenvalue weighted by atomic mass is 10.1. The van der Waals surface area contributed by atoms with E-state index in [2.05, 4.69) is 40.6 Å². The largest absolute Gasteiger partial charge is 0.506 e. The smallest absolute Gasteiger partial charge is 0.134 e. The van der Waals surface area contributed by atoms with Crippen molar-refractivity contribution in [3.8, 4) is 28.3 Å². The second kappa shape index (κ2) is 7.99. The predicted octanol–water partition coefficient (Wildman–Crippen LogP) is 5.58. The van der Waals surface area contributed by atoms with E-state index >= 15 is 0 Å². The number of phenols is 1. The van der Waals surface area contributed by atoms with Crippen molar-refractivity contribution in [2.45, 2.75) is 25.9 Å². The Kier molecular flexibility index (Phi) is 5.41. The van der Waals surface area contributed by atoms with E-state index in [0.717, 1.165) is 34.9 Å². The van der Waals surface area contributed by atoms with Gasteiger partial charge in [-0.3, -0.25) is 4.98 Å². The van der Waals surface area contributed by atoms with Gasteiger partial charge in [0.1, 0.15) is 11.6 Å². The van der Waals surface area contributed by atoms with Crippen LogP contribution in [0.1, 0.15) is 24.5 Å². The van der Waals surface area contributed by atoms with E-state index < -0.39 is 5.54 Å². The summed E-state index contributed by atoms with van der Waals surface area (Å²) in [6, 6.07) is 13.2. The molecule has 0 spiro atoms. The van der Waals surface area contributed by atoms with Crippen LogP contribution in [-0.4, -0.2) is 20.1 Å². The van der Waals surface area contributed by atoms with Gasteiger partial charge in [-0.15, -0.1) is 11.3 Å². The highest BCUT2D eigenvalue weighted by Gasteiger charge is 2.26. The van der Waals surface area contributed by atoms with Crippen LogP contribution < -0.4 is 5.32 Å². The van der Waals surface area contributed by atoms with Crippen LogP contribution in [0.25, 0.3) is 22.5 Å². The van der Waals surface area contributed by atoms with Crippen molar-refractivity contribution in [1.29, 1.82) is 0 Å². The van der Waals surface area contributed by atoms with Gasteiger partial charge in [-0.25, -0.2) is 4.98 Å². The number of aromatic nitrogens is 3. The second-order valence-corrected chi connectivity index (χ2v) is 8.71. The summed E-state index contributed by atoms with van der Waals surface area (Å²) in [5.74, 6) is 0.842. The van der Waals surface area contributed by atoms with E-state index in [9.17, 15) is 5.11 Å². The van der Waals surface area contributed by atoms with Crippen molar-refractivity contribution in [3.05, 3.63) is 76.0 Å². The third-order valence-corrected chi connectivity index (χ3v) is 5.97. The molecule has 4 aromatic rings. The van der Waals surface area contributed by atoms with Crippen molar-refractivity contribution in [1.82, 2.24) is 20.3 Å². The van der Waals surface area contributed by atoms with Crippen LogP contribution >= 0.6 is 22.9 Å². The molecule has 1 aromatic carbocycles. The minimum Gasteiger partial charge on any atom is -0.506 e. The minimum atomic E-state index is -0.390. The second-order valence-electron chi connectivity index (χ2n) is 7.27. The summed E-state index contributed by atoms with van der Waals surface area (Å²) in [5, 5.41) is 16.0. The number of nitrogens with one attached hydrogen (secondary N) is 2. The number of pyridine rings is 1. The van der Waals surface area contributed by atoms with Crippen molar-refractivity contribution >= 4 is 22.9 Å². The molecule has 4 rings (SSSR count). The zero-order chi connectivity index (χ0) is 20.4. The van der Waals surface area contributed by atoms with Crippen LogP contribution in [0.5, 0.6) is 5.75 Å². The summed E-state index contributed by atoms with van der Waals surface area (Å²) in [6.07, 6.45) is 3.50. The Balaban J connectivity index is 1.75. The van der Waals surface area contributed by atoms with Gasteiger partial charge in [-0.1, -0.05) is 23.7 Å². The fourth-order valence-corrected chi connectivity index (χ4v) is 3.83. The highest BCUT2D eigenvalue weighted by molar-refractivity contribution is 7.09. The molecule has 0 aliphatic heterocycles. The van der Waals surface area contributed by atoms with Gasteiger partial charge in [0.05, 0.1) is 21.9 Å². The molecule has 7 heteroatoms. The third-order valence-electron chi connectivity index (χ3n) is 4.77. The highest BCUT2D eigenvalue weighted by atomic mass is 35.5. The number of aromatic amines is 1. The van der Waals surface area contributed by atoms with Gasteiger partial charge in [0.2, 0.25) is 0 Å². The molecule has 0 radical (unpaired) electrons. The van der Waals surface area contributed by atoms with Crippen molar-refractivity contribution in [3.63, 3.8) is 0 Å². The summed E-state index contributed by atoms with van der Waals surface area (Å²) in [5.41, 5.74) is 2.99. The number of phenolic OH excluding ortho intramolecular Hbond substituents is 1. The average Bonchev–Trinajstić information content (AvgIpc) is 3.40. The van der Waals surface area contributed by atoms with E-state index in [0.29, 0.717) is 5.02 Å². The van der Waals surface area contributed by atoms with Crippen LogP contribution in [0, 0.1) is 0 Å². The number of hydrogen-bond donors (Lipinski definition) is 3. The molecule has 29 heavy (non-hydrogen) atoms. The summed E-state index contributed by atoms with van der Waals surface area (Å²) in [4.78, 5) is 13.8. The van der Waals surface area contributed by atoms with Gasteiger partial charge in [-0.05, 0) is 49.6 Å². The third kappa shape index (κ3) is 4.19. The molecular weight excluding hydrogens is 404 g/mol. The van der Waals surface area contributed by atoms with E-state index in [-0.39, 0.29) is 5.75 Å². The number of halogens is 1. The number of nitrogens with zero attached hydrogens (tertiary/aromatic N) is 2. The van der Waals surface area contributed by atoms with Crippen molar-refractivity contribution in [2.24, 2.45) is 0 Å². The van der Waals surface area contributed by atoms with Crippen LogP contribution in [0.15, 0.2) is 60.2 Å². The standard InChI is InChI=1S/C22H21ClN4OS/c1-22(2,25-13-16-4-3-11-29-16)21-26-19(14-7-9-24-10-8-14)20(27-21)15-5-6-17(23)18(28)12-15/h3-12,25,28H,13H2,1-2H3,(H,26,27). The Morgan fingerprint density at radius 2 is 1.93 bits per heavy atom. The van der Waals surface area contributed by atoms with Crippen molar-refractivity contribution in [2.75, 3.05) is 0 Å². The van der Waals surface area contributed by atoms with Gasteiger partial charge < -0.3 is 15.4 Å². The molecule has 0 saturated carbocycles. The molecule has 0 saturated heterocycles. The molecule has 0 fully saturated rings. The summed E-state index contributed by atoms with van der Waals surface area (Å²) in [7, 11) is 0. The molecule has 0 aliphatic carbocycles. The maximum absolute atomic E-state index is 10.1. The number of benzene rings is 1. The van der Waals surface area contributed by atoms with E-state index in [1.165, 1.54) is 4.88 Å². The molecule has 0 unspecified atom stereocenters.